The van der Waals surface area contributed by atoms with Gasteiger partial charge in [-0.25, -0.2) is 18.1 Å². The highest BCUT2D eigenvalue weighted by molar-refractivity contribution is 7.89. The summed E-state index contributed by atoms with van der Waals surface area (Å²) in [4.78, 5) is 31.1. The quantitative estimate of drug-likeness (QED) is 0.0335. The summed E-state index contributed by atoms with van der Waals surface area (Å²) in [5.41, 5.74) is 8.50. The molecule has 13 nitrogen and oxygen atoms in total. The zero-order chi connectivity index (χ0) is 53.2. The van der Waals surface area contributed by atoms with Gasteiger partial charge in [-0.2, -0.15) is 8.42 Å². The van der Waals surface area contributed by atoms with Crippen LogP contribution >= 0.6 is 0 Å². The molecule has 4 aromatic rings. The van der Waals surface area contributed by atoms with Crippen LogP contribution in [0.4, 0.5) is 28.4 Å². The summed E-state index contributed by atoms with van der Waals surface area (Å²) in [7, 11) is -9.16. The average molecular weight is 1020 g/mol. The van der Waals surface area contributed by atoms with Crippen LogP contribution in [0.25, 0.3) is 33.4 Å². The lowest BCUT2D eigenvalue weighted by molar-refractivity contribution is -0.118. The second kappa shape index (κ2) is 21.7. The molecule has 2 amide bonds. The molecule has 0 spiro atoms. The van der Waals surface area contributed by atoms with E-state index in [2.05, 4.69) is 27.6 Å². The molecule has 4 aromatic carbocycles. The lowest BCUT2D eigenvalue weighted by Crippen LogP contribution is -2.35. The summed E-state index contributed by atoms with van der Waals surface area (Å²) in [5, 5.41) is 10.2. The van der Waals surface area contributed by atoms with Crippen LogP contribution in [-0.4, -0.2) is 39.2 Å². The molecule has 1 unspecified atom stereocenters. The first-order valence-electron chi connectivity index (χ1n) is 24.7. The maximum atomic E-state index is 14.9. The third-order valence-corrected chi connectivity index (χ3v) is 15.2. The lowest BCUT2D eigenvalue weighted by atomic mass is 9.91. The highest BCUT2D eigenvalue weighted by Gasteiger charge is 2.29. The molecule has 1 aliphatic heterocycles. The molecule has 72 heavy (non-hydrogen) atoms. The van der Waals surface area contributed by atoms with Crippen molar-refractivity contribution in [3.8, 4) is 22.5 Å². The van der Waals surface area contributed by atoms with Crippen molar-refractivity contribution >= 4 is 71.4 Å². The zero-order valence-electron chi connectivity index (χ0n) is 44.4. The van der Waals surface area contributed by atoms with Crippen molar-refractivity contribution in [2.75, 3.05) is 16.0 Å². The Labute approximate surface area is 426 Å². The highest BCUT2D eigenvalue weighted by Crippen LogP contribution is 2.45. The highest BCUT2D eigenvalue weighted by atomic mass is 32.2. The molecule has 1 atom stereocenters. The van der Waals surface area contributed by atoms with Crippen molar-refractivity contribution < 1.29 is 35.4 Å². The van der Waals surface area contributed by atoms with E-state index in [1.807, 2.05) is 108 Å². The number of unbranched alkanes of at least 4 members (excludes halogenated alkanes) is 3. The van der Waals surface area contributed by atoms with Crippen LogP contribution in [0, 0.1) is 52.4 Å². The summed E-state index contributed by atoms with van der Waals surface area (Å²) in [6, 6.07) is 17.8. The Kier molecular flexibility index (Phi) is 16.7. The van der Waals surface area contributed by atoms with Gasteiger partial charge in [0.05, 0.1) is 11.0 Å². The molecule has 0 bridgehead atoms. The largest absolute Gasteiger partial charge is 0.456 e. The van der Waals surface area contributed by atoms with Gasteiger partial charge in [-0.05, 0) is 123 Å². The van der Waals surface area contributed by atoms with E-state index < -0.39 is 26.2 Å². The van der Waals surface area contributed by atoms with E-state index in [9.17, 15) is 31.0 Å². The molecule has 0 aromatic heterocycles. The summed E-state index contributed by atoms with van der Waals surface area (Å²) in [6.45, 7) is 27.4. The molecule has 5 N–H and O–H groups in total. The molecule has 0 radical (unpaired) electrons. The molecule has 6 rings (SSSR count). The Hall–Kier alpha value is -5.87. The number of nitrogens with one attached hydrogen (secondary N) is 4. The molecule has 15 heteroatoms. The first kappa shape index (κ1) is 55.4. The number of hydrogen-bond donors (Lipinski definition) is 5. The summed E-state index contributed by atoms with van der Waals surface area (Å²) in [6.07, 6.45) is 5.08. The van der Waals surface area contributed by atoms with E-state index in [4.69, 9.17) is 9.41 Å². The van der Waals surface area contributed by atoms with Gasteiger partial charge in [-0.15, -0.1) is 0 Å². The Morgan fingerprint density at radius 1 is 0.681 bits per heavy atom. The molecule has 2 aliphatic rings. The van der Waals surface area contributed by atoms with Gasteiger partial charge in [0.15, 0.2) is 0 Å². The van der Waals surface area contributed by atoms with Crippen LogP contribution in [0.3, 0.4) is 0 Å². The normalized spacial score (nSPS) is 13.2. The van der Waals surface area contributed by atoms with Gasteiger partial charge in [0.1, 0.15) is 21.1 Å². The zero-order valence-corrected chi connectivity index (χ0v) is 46.1. The Morgan fingerprint density at radius 2 is 1.26 bits per heavy atom. The van der Waals surface area contributed by atoms with Crippen LogP contribution in [0.2, 0.25) is 0 Å². The molecule has 0 saturated carbocycles. The van der Waals surface area contributed by atoms with Crippen LogP contribution < -0.4 is 26.0 Å². The van der Waals surface area contributed by atoms with Crippen molar-refractivity contribution in [2.24, 2.45) is 15.8 Å². The minimum atomic E-state index is -4.81. The monoisotopic (exact) mass is 1020 g/mol. The number of hydrogen-bond acceptors (Lipinski definition) is 9. The SMILES string of the molecule is CCCCCCC(C)NS(=O)(=O)c1cc2c(-c3ccccc3S(=O)(=O)O)c3ccc(Nc4c(C)cc(C)c(NC(=O)CC(C)(C)C)c4C)cc3oc-2c/c1=N\c1c(C)cc(C)c(NC(=O)CC(C)(C)C)c1C. The number of anilines is 4. The summed E-state index contributed by atoms with van der Waals surface area (Å²) in [5.74, 6) is -0.0797. The van der Waals surface area contributed by atoms with Gasteiger partial charge < -0.3 is 20.4 Å². The number of nitrogens with zero attached hydrogens (tertiary/aromatic N) is 1. The summed E-state index contributed by atoms with van der Waals surface area (Å²) < 4.78 is 76.4. The predicted molar refractivity (Wildman–Crippen MR) is 292 cm³/mol. The average Bonchev–Trinajstić information content (AvgIpc) is 3.25. The second-order valence-corrected chi connectivity index (χ2v) is 25.0. The maximum Gasteiger partial charge on any atom is 0.295 e. The second-order valence-electron chi connectivity index (χ2n) is 21.9. The fourth-order valence-corrected chi connectivity index (χ4v) is 11.6. The van der Waals surface area contributed by atoms with Crippen LogP contribution in [0.15, 0.2) is 85.9 Å². The summed E-state index contributed by atoms with van der Waals surface area (Å²) >= 11 is 0. The smallest absolute Gasteiger partial charge is 0.295 e. The van der Waals surface area contributed by atoms with Crippen molar-refractivity contribution in [1.82, 2.24) is 4.72 Å². The van der Waals surface area contributed by atoms with Crippen molar-refractivity contribution in [1.29, 1.82) is 0 Å². The Balaban J connectivity index is 1.65. The predicted octanol–water partition coefficient (Wildman–Crippen LogP) is 13.7. The van der Waals surface area contributed by atoms with E-state index in [1.165, 1.54) is 18.2 Å². The van der Waals surface area contributed by atoms with Crippen molar-refractivity contribution in [2.45, 2.75) is 158 Å². The third kappa shape index (κ3) is 13.2. The first-order chi connectivity index (χ1) is 33.5. The number of benzene rings is 5. The maximum absolute atomic E-state index is 14.9. The number of carbonyl (C=O) groups is 2. The van der Waals surface area contributed by atoms with Gasteiger partial charge in [0.25, 0.3) is 10.1 Å². The van der Waals surface area contributed by atoms with E-state index in [-0.39, 0.29) is 61.1 Å². The fraction of sp³-hybridized carbons (Fsp3) is 0.421. The molecule has 0 saturated heterocycles. The van der Waals surface area contributed by atoms with Crippen molar-refractivity contribution in [3.63, 3.8) is 0 Å². The standard InChI is InChI=1S/C57H73N5O8S2/c1-15-16-17-18-21-37(6)62-71(65,66)48-29-43-46(30-44(48)59-53-34(3)27-36(5)55(39(53)8)61-50(64)32-57(12,13)14)70-45-28-40(24-25-41(45)51(43)42-22-19-20-23-47(42)72(67,68)69)58-52-33(2)26-35(4)54(38(52)7)60-49(63)31-56(9,10)11/h19-20,22-30,37,58,62H,15-18,21,31-32H2,1-14H3,(H,60,63)(H,61,64)(H,67,68,69)/b59-44+. The van der Waals surface area contributed by atoms with E-state index in [0.29, 0.717) is 57.7 Å². The van der Waals surface area contributed by atoms with Gasteiger partial charge in [0.2, 0.25) is 21.8 Å². The van der Waals surface area contributed by atoms with Crippen LogP contribution in [0.5, 0.6) is 0 Å². The topological polar surface area (TPSA) is 196 Å². The number of fused-ring (bicyclic) bond motifs is 2. The number of sulfonamides is 1. The Bertz CT molecular complexity index is 3330. The van der Waals surface area contributed by atoms with E-state index >= 15 is 0 Å². The van der Waals surface area contributed by atoms with Gasteiger partial charge in [-0.3, -0.25) is 14.1 Å². The number of aryl methyl sites for hydroxylation is 4. The fourth-order valence-electron chi connectivity index (χ4n) is 9.44. The molecular formula is C57H73N5O8S2. The first-order valence-corrected chi connectivity index (χ1v) is 27.7. The van der Waals surface area contributed by atoms with Crippen LogP contribution in [0.1, 0.15) is 134 Å². The Morgan fingerprint density at radius 3 is 1.86 bits per heavy atom. The van der Waals surface area contributed by atoms with Crippen LogP contribution in [-0.2, 0) is 29.7 Å². The van der Waals surface area contributed by atoms with E-state index in [0.717, 1.165) is 59.2 Å². The molecular weight excluding hydrogens is 947 g/mol. The number of carbonyl (C=O) groups excluding carboxylic acids is 2. The van der Waals surface area contributed by atoms with E-state index in [1.54, 1.807) is 30.3 Å². The lowest BCUT2D eigenvalue weighted by Gasteiger charge is -2.22. The third-order valence-electron chi connectivity index (χ3n) is 12.7. The molecule has 386 valence electrons. The van der Waals surface area contributed by atoms with Gasteiger partial charge in [-0.1, -0.05) is 104 Å². The molecule has 1 heterocycles. The number of rotatable bonds is 17. The van der Waals surface area contributed by atoms with Gasteiger partial charge >= 0.3 is 0 Å². The molecule has 1 aliphatic carbocycles. The van der Waals surface area contributed by atoms with Gasteiger partial charge in [0, 0.05) is 75.8 Å². The number of amides is 2. The minimum absolute atomic E-state index is 0.0496. The molecule has 0 fully saturated rings. The minimum Gasteiger partial charge on any atom is -0.456 e. The van der Waals surface area contributed by atoms with Crippen molar-refractivity contribution in [3.05, 3.63) is 105 Å².